The Hall–Kier alpha value is -2.47. The molecule has 2 aromatic rings. The van der Waals surface area contributed by atoms with E-state index < -0.39 is 19.3 Å². The van der Waals surface area contributed by atoms with Gasteiger partial charge in [0.2, 0.25) is 0 Å². The van der Waals surface area contributed by atoms with Gasteiger partial charge in [0, 0.05) is 6.61 Å². The lowest BCUT2D eigenvalue weighted by Gasteiger charge is -2.43. The molecule has 0 radical (unpaired) electrons. The number of carbonyl (C=O) groups is 1. The molecule has 0 aliphatic heterocycles. The van der Waals surface area contributed by atoms with Crippen molar-refractivity contribution in [1.82, 2.24) is 0 Å². The summed E-state index contributed by atoms with van der Waals surface area (Å²) in [5, 5.41) is 14.2. The number of unbranched alkanes of at least 4 members (excludes halogenated alkanes) is 4. The number of carbonyl (C=O) groups excluding carboxylic acids is 1. The Bertz CT molecular complexity index is 1070. The van der Waals surface area contributed by atoms with Crippen molar-refractivity contribution in [3.05, 3.63) is 85.0 Å². The van der Waals surface area contributed by atoms with Gasteiger partial charge in [-0.25, -0.2) is 0 Å². The molecule has 4 nitrogen and oxygen atoms in total. The van der Waals surface area contributed by atoms with Crippen LogP contribution in [0, 0.1) is 5.41 Å². The van der Waals surface area contributed by atoms with Crippen LogP contribution in [0.1, 0.15) is 85.5 Å². The number of allylic oxidation sites excluding steroid dienone is 1. The predicted octanol–water partition coefficient (Wildman–Crippen LogP) is 7.11. The van der Waals surface area contributed by atoms with Gasteiger partial charge in [-0.05, 0) is 53.9 Å². The predicted molar refractivity (Wildman–Crippen MR) is 168 cm³/mol. The zero-order chi connectivity index (χ0) is 29.1. The average Bonchev–Trinajstić information content (AvgIpc) is 3.29. The third-order valence-electron chi connectivity index (χ3n) is 8.49. The van der Waals surface area contributed by atoms with E-state index >= 15 is 0 Å². The summed E-state index contributed by atoms with van der Waals surface area (Å²) in [4.78, 5) is 13.1. The Kier molecular flexibility index (Phi) is 11.6. The van der Waals surface area contributed by atoms with Gasteiger partial charge in [-0.1, -0.05) is 132 Å². The van der Waals surface area contributed by atoms with Crippen molar-refractivity contribution in [2.75, 3.05) is 13.7 Å². The quantitative estimate of drug-likeness (QED) is 0.115. The summed E-state index contributed by atoms with van der Waals surface area (Å²) in [6.07, 6.45) is 16.0. The molecule has 0 spiro atoms. The van der Waals surface area contributed by atoms with Gasteiger partial charge in [-0.3, -0.25) is 4.79 Å². The number of ether oxygens (including phenoxy) is 1. The number of hydrogen-bond donors (Lipinski definition) is 1. The lowest BCUT2D eigenvalue weighted by Crippen LogP contribution is -2.66. The van der Waals surface area contributed by atoms with Crippen molar-refractivity contribution in [2.45, 2.75) is 96.1 Å². The van der Waals surface area contributed by atoms with E-state index in [-0.39, 0.29) is 11.0 Å². The molecule has 1 saturated carbocycles. The van der Waals surface area contributed by atoms with E-state index in [1.54, 1.807) is 0 Å². The van der Waals surface area contributed by atoms with Crippen molar-refractivity contribution in [3.63, 3.8) is 0 Å². The molecular formula is C35H50O4Si. The Morgan fingerprint density at radius 2 is 1.50 bits per heavy atom. The molecule has 0 amide bonds. The van der Waals surface area contributed by atoms with Crippen molar-refractivity contribution in [2.24, 2.45) is 5.41 Å². The number of rotatable bonds is 14. The molecule has 3 rings (SSSR count). The minimum absolute atomic E-state index is 0.0922. The van der Waals surface area contributed by atoms with E-state index in [1.165, 1.54) is 36.7 Å². The van der Waals surface area contributed by atoms with E-state index in [0.717, 1.165) is 19.3 Å². The minimum atomic E-state index is -2.61. The maximum Gasteiger partial charge on any atom is 0.318 e. The van der Waals surface area contributed by atoms with Gasteiger partial charge >= 0.3 is 5.97 Å². The molecule has 0 saturated heterocycles. The van der Waals surface area contributed by atoms with E-state index in [2.05, 4.69) is 94.4 Å². The fraction of sp³-hybridized carbons (Fsp3) is 0.514. The molecule has 1 aliphatic rings. The van der Waals surface area contributed by atoms with Gasteiger partial charge < -0.3 is 14.3 Å². The normalized spacial score (nSPS) is 21.9. The maximum absolute atomic E-state index is 13.1. The summed E-state index contributed by atoms with van der Waals surface area (Å²) in [6.45, 7) is 9.55. The highest BCUT2D eigenvalue weighted by molar-refractivity contribution is 6.99. The molecule has 0 unspecified atom stereocenters. The van der Waals surface area contributed by atoms with Gasteiger partial charge in [0.15, 0.2) is 0 Å². The minimum Gasteiger partial charge on any atom is -0.468 e. The van der Waals surface area contributed by atoms with Crippen molar-refractivity contribution in [1.29, 1.82) is 0 Å². The molecule has 0 bridgehead atoms. The SMILES string of the molecule is CCCCCC/C=C/[C@@]1(C(=O)OC)CCC[C@]1(O)/C=C/CCO[Si](c1ccccc1)(c1ccccc1)C(C)(C)C. The Morgan fingerprint density at radius 3 is 2.05 bits per heavy atom. The number of methoxy groups -OCH3 is 1. The van der Waals surface area contributed by atoms with Crippen LogP contribution in [0.2, 0.25) is 5.04 Å². The van der Waals surface area contributed by atoms with Crippen LogP contribution in [-0.4, -0.2) is 38.7 Å². The first kappa shape index (κ1) is 32.0. The van der Waals surface area contributed by atoms with Crippen LogP contribution in [0.3, 0.4) is 0 Å². The van der Waals surface area contributed by atoms with Gasteiger partial charge in [0.05, 0.1) is 7.11 Å². The van der Waals surface area contributed by atoms with Gasteiger partial charge in [0.25, 0.3) is 8.32 Å². The molecule has 2 aromatic carbocycles. The van der Waals surface area contributed by atoms with Crippen LogP contribution in [0.25, 0.3) is 0 Å². The number of aliphatic hydroxyl groups is 1. The van der Waals surface area contributed by atoms with Gasteiger partial charge in [-0.15, -0.1) is 0 Å². The fourth-order valence-electron chi connectivity index (χ4n) is 6.36. The molecule has 1 N–H and O–H groups in total. The van der Waals surface area contributed by atoms with Crippen LogP contribution < -0.4 is 10.4 Å². The smallest absolute Gasteiger partial charge is 0.318 e. The highest BCUT2D eigenvalue weighted by Crippen LogP contribution is 2.50. The zero-order valence-corrected chi connectivity index (χ0v) is 26.3. The van der Waals surface area contributed by atoms with Gasteiger partial charge in [-0.2, -0.15) is 0 Å². The molecule has 218 valence electrons. The number of benzene rings is 2. The number of hydrogen-bond acceptors (Lipinski definition) is 4. The largest absolute Gasteiger partial charge is 0.468 e. The van der Waals surface area contributed by atoms with E-state index in [0.29, 0.717) is 25.9 Å². The maximum atomic E-state index is 13.1. The monoisotopic (exact) mass is 562 g/mol. The highest BCUT2D eigenvalue weighted by atomic mass is 28.4. The fourth-order valence-corrected chi connectivity index (χ4v) is 10.9. The molecule has 40 heavy (non-hydrogen) atoms. The van der Waals surface area contributed by atoms with Crippen LogP contribution in [0.5, 0.6) is 0 Å². The molecule has 0 heterocycles. The molecule has 1 fully saturated rings. The zero-order valence-electron chi connectivity index (χ0n) is 25.3. The van der Waals surface area contributed by atoms with Crippen LogP contribution >= 0.6 is 0 Å². The lowest BCUT2D eigenvalue weighted by molar-refractivity contribution is -0.158. The average molecular weight is 563 g/mol. The highest BCUT2D eigenvalue weighted by Gasteiger charge is 2.57. The van der Waals surface area contributed by atoms with E-state index in [4.69, 9.17) is 9.16 Å². The Morgan fingerprint density at radius 1 is 0.900 bits per heavy atom. The van der Waals surface area contributed by atoms with E-state index in [1.807, 2.05) is 18.2 Å². The first-order chi connectivity index (χ1) is 19.2. The van der Waals surface area contributed by atoms with Gasteiger partial charge in [0.1, 0.15) is 11.0 Å². The molecule has 0 aromatic heterocycles. The summed E-state index contributed by atoms with van der Waals surface area (Å²) >= 11 is 0. The molecular weight excluding hydrogens is 512 g/mol. The van der Waals surface area contributed by atoms with E-state index in [9.17, 15) is 9.90 Å². The number of esters is 1. The second-order valence-corrected chi connectivity index (χ2v) is 16.5. The third-order valence-corrected chi connectivity index (χ3v) is 13.5. The van der Waals surface area contributed by atoms with Crippen molar-refractivity contribution < 1.29 is 19.1 Å². The third kappa shape index (κ3) is 6.87. The van der Waals surface area contributed by atoms with Crippen LogP contribution in [-0.2, 0) is 14.0 Å². The second kappa shape index (κ2) is 14.4. The first-order valence-corrected chi connectivity index (χ1v) is 17.0. The summed E-state index contributed by atoms with van der Waals surface area (Å²) in [6, 6.07) is 21.2. The summed E-state index contributed by atoms with van der Waals surface area (Å²) in [5.74, 6) is -0.356. The Labute approximate surface area is 243 Å². The summed E-state index contributed by atoms with van der Waals surface area (Å²) < 4.78 is 12.2. The standard InChI is InChI=1S/C35H50O4Si/c1-6-7-8-9-10-17-25-34(32(36)38-5)26-20-28-35(34,37)27-18-19-29-39-40(33(2,3)4,30-21-13-11-14-22-30)31-23-15-12-16-24-31/h11-18,21-25,27,37H,6-10,19-20,26,28-29H2,1-5H3/b25-17+,27-18+/t34-,35+/m0/s1. The summed E-state index contributed by atoms with van der Waals surface area (Å²) in [7, 11) is -1.20. The van der Waals surface area contributed by atoms with Crippen LogP contribution in [0.15, 0.2) is 85.0 Å². The van der Waals surface area contributed by atoms with Crippen LogP contribution in [0.4, 0.5) is 0 Å². The second-order valence-electron chi connectivity index (χ2n) is 12.2. The molecule has 1 aliphatic carbocycles. The molecule has 5 heteroatoms. The van der Waals surface area contributed by atoms with Crippen molar-refractivity contribution in [3.8, 4) is 0 Å². The Balaban J connectivity index is 1.80. The topological polar surface area (TPSA) is 55.8 Å². The summed E-state index contributed by atoms with van der Waals surface area (Å²) in [5.41, 5.74) is -2.31. The lowest BCUT2D eigenvalue weighted by atomic mass is 9.73. The molecule has 2 atom stereocenters. The first-order valence-electron chi connectivity index (χ1n) is 15.1. The van der Waals surface area contributed by atoms with Crippen molar-refractivity contribution >= 4 is 24.7 Å².